The van der Waals surface area contributed by atoms with E-state index in [9.17, 15) is 19.5 Å². The molecule has 9 nitrogen and oxygen atoms in total. The highest BCUT2D eigenvalue weighted by Gasteiger charge is 2.29. The van der Waals surface area contributed by atoms with Gasteiger partial charge >= 0.3 is 5.97 Å². The predicted octanol–water partition coefficient (Wildman–Crippen LogP) is 2.25. The van der Waals surface area contributed by atoms with Gasteiger partial charge in [0, 0.05) is 28.6 Å². The lowest BCUT2D eigenvalue weighted by Crippen LogP contribution is -2.27. The fraction of sp³-hybridized carbons (Fsp3) is 0.217. The lowest BCUT2D eigenvalue weighted by atomic mass is 9.89. The van der Waals surface area contributed by atoms with Crippen molar-refractivity contribution in [2.45, 2.75) is 19.3 Å². The summed E-state index contributed by atoms with van der Waals surface area (Å²) in [7, 11) is 2.73. The van der Waals surface area contributed by atoms with Gasteiger partial charge in [-0.3, -0.25) is 18.8 Å². The molecule has 0 bridgehead atoms. The Morgan fingerprint density at radius 1 is 1.19 bits per heavy atom. The summed E-state index contributed by atoms with van der Waals surface area (Å²) in [4.78, 5) is 45.4. The van der Waals surface area contributed by atoms with Crippen LogP contribution in [0.15, 0.2) is 52.2 Å². The largest absolute Gasteiger partial charge is 0.497 e. The highest BCUT2D eigenvalue weighted by molar-refractivity contribution is 5.81. The molecular weight excluding hydrogens is 414 g/mol. The second kappa shape index (κ2) is 8.18. The number of ether oxygens (including phenoxy) is 2. The molecule has 1 atom stereocenters. The average Bonchev–Trinajstić information content (AvgIpc) is 2.77. The Balaban J connectivity index is 2.00. The number of fused-ring (bicyclic) bond motifs is 2. The Morgan fingerprint density at radius 3 is 2.69 bits per heavy atom. The summed E-state index contributed by atoms with van der Waals surface area (Å²) in [6.07, 6.45) is 1.20. The number of benzene rings is 1. The maximum Gasteiger partial charge on any atom is 0.306 e. The third kappa shape index (κ3) is 3.68. The van der Waals surface area contributed by atoms with E-state index >= 15 is 0 Å². The molecule has 32 heavy (non-hydrogen) atoms. The molecule has 164 valence electrons. The van der Waals surface area contributed by atoms with Crippen molar-refractivity contribution in [2.24, 2.45) is 0 Å². The number of hydrogen-bond donors (Lipinski definition) is 2. The first kappa shape index (κ1) is 21.1. The number of pyridine rings is 2. The van der Waals surface area contributed by atoms with Gasteiger partial charge in [-0.25, -0.2) is 0 Å². The van der Waals surface area contributed by atoms with Gasteiger partial charge in [-0.1, -0.05) is 0 Å². The van der Waals surface area contributed by atoms with Crippen LogP contribution < -0.4 is 15.9 Å². The van der Waals surface area contributed by atoms with Crippen molar-refractivity contribution in [3.8, 4) is 11.6 Å². The summed E-state index contributed by atoms with van der Waals surface area (Å²) in [6.45, 7) is 1.83. The number of aromatic hydroxyl groups is 1. The van der Waals surface area contributed by atoms with Gasteiger partial charge in [-0.2, -0.15) is 4.98 Å². The van der Waals surface area contributed by atoms with Gasteiger partial charge in [0.1, 0.15) is 11.4 Å². The number of esters is 1. The minimum Gasteiger partial charge on any atom is -0.497 e. The molecule has 0 saturated heterocycles. The topological polar surface area (TPSA) is 123 Å². The standard InChI is InChI=1S/C23H21N3O6/c1-12-6-7-26-18(8-12)25-22(29)20(23(26)30)15(11-19(27)32-3)16-10-13-9-14(31-2)4-5-17(13)24-21(16)28/h4-10,15,29H,11H2,1-3H3,(H,24,28)/t15-/m1/s1. The normalized spacial score (nSPS) is 12.1. The van der Waals surface area contributed by atoms with E-state index in [2.05, 4.69) is 9.97 Å². The van der Waals surface area contributed by atoms with Gasteiger partial charge in [0.05, 0.1) is 26.2 Å². The number of nitrogens with zero attached hydrogens (tertiary/aromatic N) is 2. The number of rotatable bonds is 5. The number of H-pyrrole nitrogens is 1. The van der Waals surface area contributed by atoms with Crippen LogP contribution in [0.1, 0.15) is 29.0 Å². The van der Waals surface area contributed by atoms with E-state index in [0.29, 0.717) is 16.7 Å². The minimum atomic E-state index is -1.08. The van der Waals surface area contributed by atoms with Gasteiger partial charge < -0.3 is 19.6 Å². The number of carbonyl (C=O) groups excluding carboxylic acids is 1. The lowest BCUT2D eigenvalue weighted by molar-refractivity contribution is -0.140. The Hall–Kier alpha value is -4.14. The summed E-state index contributed by atoms with van der Waals surface area (Å²) in [5.74, 6) is -1.70. The van der Waals surface area contributed by atoms with Crippen LogP contribution in [-0.4, -0.2) is 39.7 Å². The molecule has 0 aliphatic rings. The molecule has 9 heteroatoms. The Labute approximate surface area is 181 Å². The van der Waals surface area contributed by atoms with Gasteiger partial charge in [-0.05, 0) is 48.9 Å². The van der Waals surface area contributed by atoms with E-state index in [1.54, 1.807) is 36.4 Å². The zero-order valence-corrected chi connectivity index (χ0v) is 17.7. The van der Waals surface area contributed by atoms with Crippen LogP contribution in [0.25, 0.3) is 16.6 Å². The van der Waals surface area contributed by atoms with E-state index in [1.807, 2.05) is 6.92 Å². The van der Waals surface area contributed by atoms with E-state index in [0.717, 1.165) is 5.56 Å². The van der Waals surface area contributed by atoms with Crippen LogP contribution >= 0.6 is 0 Å². The molecular formula is C23H21N3O6. The van der Waals surface area contributed by atoms with Crippen molar-refractivity contribution in [2.75, 3.05) is 14.2 Å². The molecule has 2 N–H and O–H groups in total. The second-order valence-electron chi connectivity index (χ2n) is 7.43. The fourth-order valence-corrected chi connectivity index (χ4v) is 3.75. The predicted molar refractivity (Wildman–Crippen MR) is 117 cm³/mol. The first-order valence-electron chi connectivity index (χ1n) is 9.82. The zero-order valence-electron chi connectivity index (χ0n) is 17.7. The quantitative estimate of drug-likeness (QED) is 0.461. The highest BCUT2D eigenvalue weighted by Crippen LogP contribution is 2.31. The number of hydrogen-bond acceptors (Lipinski definition) is 7. The first-order valence-corrected chi connectivity index (χ1v) is 9.82. The lowest BCUT2D eigenvalue weighted by Gasteiger charge is -2.17. The molecule has 1 aromatic carbocycles. The number of methoxy groups -OCH3 is 2. The van der Waals surface area contributed by atoms with Gasteiger partial charge in [-0.15, -0.1) is 0 Å². The molecule has 0 radical (unpaired) electrons. The average molecular weight is 435 g/mol. The van der Waals surface area contributed by atoms with Crippen molar-refractivity contribution < 1.29 is 19.4 Å². The highest BCUT2D eigenvalue weighted by atomic mass is 16.5. The monoisotopic (exact) mass is 435 g/mol. The molecule has 3 aromatic heterocycles. The number of carbonyl (C=O) groups is 1. The maximum absolute atomic E-state index is 13.3. The van der Waals surface area contributed by atoms with Crippen LogP contribution in [0.3, 0.4) is 0 Å². The summed E-state index contributed by atoms with van der Waals surface area (Å²) in [5, 5.41) is 11.3. The van der Waals surface area contributed by atoms with E-state index in [1.165, 1.54) is 24.8 Å². The molecule has 0 unspecified atom stereocenters. The van der Waals surface area contributed by atoms with Crippen molar-refractivity contribution in [3.63, 3.8) is 0 Å². The van der Waals surface area contributed by atoms with Crippen LogP contribution in [0.4, 0.5) is 0 Å². The van der Waals surface area contributed by atoms with Crippen molar-refractivity contribution >= 4 is 22.5 Å². The summed E-state index contributed by atoms with van der Waals surface area (Å²) in [6, 6.07) is 10.1. The Bertz CT molecular complexity index is 1470. The van der Waals surface area contributed by atoms with Crippen molar-refractivity contribution in [1.82, 2.24) is 14.4 Å². The molecule has 0 aliphatic carbocycles. The molecule has 4 aromatic rings. The summed E-state index contributed by atoms with van der Waals surface area (Å²) in [5.41, 5.74) is 0.558. The van der Waals surface area contributed by atoms with Gasteiger partial charge in [0.2, 0.25) is 5.88 Å². The van der Waals surface area contributed by atoms with Gasteiger partial charge in [0.25, 0.3) is 11.1 Å². The SMILES string of the molecule is COC(=O)C[C@H](c1cc2cc(OC)ccc2[nH]c1=O)c1c(O)nc2cc(C)ccn2c1=O. The maximum atomic E-state index is 13.3. The Kier molecular flexibility index (Phi) is 5.40. The van der Waals surface area contributed by atoms with Crippen molar-refractivity contribution in [1.29, 1.82) is 0 Å². The number of nitrogens with one attached hydrogen (secondary N) is 1. The molecule has 0 aliphatic heterocycles. The molecule has 0 spiro atoms. The van der Waals surface area contributed by atoms with Crippen LogP contribution in [0.2, 0.25) is 0 Å². The van der Waals surface area contributed by atoms with Crippen LogP contribution in [-0.2, 0) is 9.53 Å². The minimum absolute atomic E-state index is 0.123. The first-order chi connectivity index (χ1) is 15.3. The third-order valence-corrected chi connectivity index (χ3v) is 5.40. The van der Waals surface area contributed by atoms with E-state index < -0.39 is 28.9 Å². The van der Waals surface area contributed by atoms with Gasteiger partial charge in [0.15, 0.2) is 0 Å². The van der Waals surface area contributed by atoms with E-state index in [-0.39, 0.29) is 23.2 Å². The Morgan fingerprint density at radius 2 is 1.97 bits per heavy atom. The van der Waals surface area contributed by atoms with Crippen molar-refractivity contribution in [3.05, 3.63) is 80.0 Å². The molecule has 3 heterocycles. The molecule has 0 fully saturated rings. The number of aryl methyl sites for hydroxylation is 1. The van der Waals surface area contributed by atoms with E-state index in [4.69, 9.17) is 9.47 Å². The molecule has 0 amide bonds. The van der Waals surface area contributed by atoms with Crippen LogP contribution in [0, 0.1) is 6.92 Å². The summed E-state index contributed by atoms with van der Waals surface area (Å²) < 4.78 is 11.3. The van der Waals surface area contributed by atoms with Crippen LogP contribution in [0.5, 0.6) is 11.6 Å². The summed E-state index contributed by atoms with van der Waals surface area (Å²) >= 11 is 0. The fourth-order valence-electron chi connectivity index (χ4n) is 3.75. The number of aromatic amines is 1. The molecule has 0 saturated carbocycles. The zero-order chi connectivity index (χ0) is 23.0. The smallest absolute Gasteiger partial charge is 0.306 e. The number of aromatic nitrogens is 3. The second-order valence-corrected chi connectivity index (χ2v) is 7.43. The molecule has 4 rings (SSSR count). The third-order valence-electron chi connectivity index (χ3n) is 5.40.